The number of carbonyl (C=O) groups excluding carboxylic acids is 1. The van der Waals surface area contributed by atoms with Crippen LogP contribution in [0.15, 0.2) is 12.4 Å². The lowest BCUT2D eigenvalue weighted by molar-refractivity contribution is 0.0204. The summed E-state index contributed by atoms with van der Waals surface area (Å²) in [6.07, 6.45) is 3.18. The molecular formula is C16H25N5O3. The number of amides is 1. The Morgan fingerprint density at radius 3 is 2.33 bits per heavy atom. The standard InChI is InChI=1S/C16H25N5O3/c1-13(20-2-6-23-7-3-20)10-17-15(22)14-11-18-16(19-12-14)21-4-8-24-9-5-21/h11-13H,2-10H2,1H3,(H,17,22)/t13-/m1/s1. The van der Waals surface area contributed by atoms with Crippen LogP contribution in [0.5, 0.6) is 0 Å². The zero-order valence-electron chi connectivity index (χ0n) is 14.1. The summed E-state index contributed by atoms with van der Waals surface area (Å²) < 4.78 is 10.7. The van der Waals surface area contributed by atoms with Crippen LogP contribution in [0.3, 0.4) is 0 Å². The third-order valence-corrected chi connectivity index (χ3v) is 4.42. The van der Waals surface area contributed by atoms with Crippen LogP contribution < -0.4 is 10.2 Å². The predicted molar refractivity (Wildman–Crippen MR) is 89.3 cm³/mol. The maximum Gasteiger partial charge on any atom is 0.254 e. The van der Waals surface area contributed by atoms with Crippen LogP contribution in [-0.4, -0.2) is 86.0 Å². The fourth-order valence-electron chi connectivity index (χ4n) is 2.85. The largest absolute Gasteiger partial charge is 0.379 e. The molecule has 1 amide bonds. The topological polar surface area (TPSA) is 79.8 Å². The second-order valence-corrected chi connectivity index (χ2v) is 6.08. The molecule has 0 radical (unpaired) electrons. The van der Waals surface area contributed by atoms with Crippen molar-refractivity contribution in [3.8, 4) is 0 Å². The van der Waals surface area contributed by atoms with Gasteiger partial charge in [-0.25, -0.2) is 9.97 Å². The van der Waals surface area contributed by atoms with Crippen molar-refractivity contribution in [3.63, 3.8) is 0 Å². The summed E-state index contributed by atoms with van der Waals surface area (Å²) in [5.74, 6) is 0.514. The van der Waals surface area contributed by atoms with Gasteiger partial charge in [-0.2, -0.15) is 0 Å². The molecule has 0 unspecified atom stereocenters. The molecule has 132 valence electrons. The van der Waals surface area contributed by atoms with Crippen LogP contribution in [0.1, 0.15) is 17.3 Å². The van der Waals surface area contributed by atoms with Crippen molar-refractivity contribution in [2.45, 2.75) is 13.0 Å². The highest BCUT2D eigenvalue weighted by Crippen LogP contribution is 2.09. The Morgan fingerprint density at radius 2 is 1.71 bits per heavy atom. The van der Waals surface area contributed by atoms with Crippen LogP contribution in [0, 0.1) is 0 Å². The summed E-state index contributed by atoms with van der Waals surface area (Å²) in [6, 6.07) is 0.284. The summed E-state index contributed by atoms with van der Waals surface area (Å²) in [6.45, 7) is 8.99. The van der Waals surface area contributed by atoms with E-state index in [9.17, 15) is 4.79 Å². The van der Waals surface area contributed by atoms with Gasteiger partial charge in [0, 0.05) is 51.2 Å². The number of anilines is 1. The Balaban J connectivity index is 1.49. The van der Waals surface area contributed by atoms with Crippen molar-refractivity contribution >= 4 is 11.9 Å². The minimum atomic E-state index is -0.136. The molecule has 0 aromatic carbocycles. The van der Waals surface area contributed by atoms with E-state index in [1.54, 1.807) is 12.4 Å². The van der Waals surface area contributed by atoms with Crippen molar-refractivity contribution in [3.05, 3.63) is 18.0 Å². The Bertz CT molecular complexity index is 527. The molecule has 0 saturated carbocycles. The first-order valence-electron chi connectivity index (χ1n) is 8.49. The third-order valence-electron chi connectivity index (χ3n) is 4.42. The zero-order chi connectivity index (χ0) is 16.8. The molecule has 8 heteroatoms. The van der Waals surface area contributed by atoms with E-state index in [0.717, 1.165) is 39.4 Å². The first-order valence-corrected chi connectivity index (χ1v) is 8.49. The third kappa shape index (κ3) is 4.40. The van der Waals surface area contributed by atoms with E-state index < -0.39 is 0 Å². The predicted octanol–water partition coefficient (Wildman–Crippen LogP) is -0.236. The van der Waals surface area contributed by atoms with Gasteiger partial charge in [0.1, 0.15) is 0 Å². The van der Waals surface area contributed by atoms with Crippen LogP contribution in [0.25, 0.3) is 0 Å². The first-order chi connectivity index (χ1) is 11.7. The SMILES string of the molecule is C[C@H](CNC(=O)c1cnc(N2CCOCC2)nc1)N1CCOCC1. The van der Waals surface area contributed by atoms with Gasteiger partial charge in [0.25, 0.3) is 5.91 Å². The first kappa shape index (κ1) is 17.1. The van der Waals surface area contributed by atoms with Crippen molar-refractivity contribution in [1.29, 1.82) is 0 Å². The Kier molecular flexibility index (Phi) is 5.95. The van der Waals surface area contributed by atoms with Gasteiger partial charge in [-0.15, -0.1) is 0 Å². The summed E-state index contributed by atoms with van der Waals surface area (Å²) in [5.41, 5.74) is 0.487. The highest BCUT2D eigenvalue weighted by molar-refractivity contribution is 5.93. The van der Waals surface area contributed by atoms with Gasteiger partial charge in [0.05, 0.1) is 32.0 Å². The second kappa shape index (κ2) is 8.36. The monoisotopic (exact) mass is 335 g/mol. The number of hydrogen-bond donors (Lipinski definition) is 1. The van der Waals surface area contributed by atoms with Crippen LogP contribution in [0.4, 0.5) is 5.95 Å². The second-order valence-electron chi connectivity index (χ2n) is 6.08. The Labute approximate surface area is 142 Å². The molecule has 24 heavy (non-hydrogen) atoms. The van der Waals surface area contributed by atoms with Crippen LogP contribution in [-0.2, 0) is 9.47 Å². The molecule has 2 fully saturated rings. The van der Waals surface area contributed by atoms with Gasteiger partial charge in [0.15, 0.2) is 0 Å². The van der Waals surface area contributed by atoms with Gasteiger partial charge in [0.2, 0.25) is 5.95 Å². The molecule has 2 aliphatic rings. The van der Waals surface area contributed by atoms with E-state index in [0.29, 0.717) is 31.3 Å². The molecule has 3 rings (SSSR count). The lowest BCUT2D eigenvalue weighted by Gasteiger charge is -2.32. The van der Waals surface area contributed by atoms with E-state index in [1.165, 1.54) is 0 Å². The molecule has 0 aliphatic carbocycles. The number of rotatable bonds is 5. The quantitative estimate of drug-likeness (QED) is 0.796. The maximum atomic E-state index is 12.3. The molecule has 1 aromatic heterocycles. The van der Waals surface area contributed by atoms with E-state index in [1.807, 2.05) is 0 Å². The number of hydrogen-bond acceptors (Lipinski definition) is 7. The van der Waals surface area contributed by atoms with Crippen LogP contribution in [0.2, 0.25) is 0 Å². The minimum absolute atomic E-state index is 0.136. The summed E-state index contributed by atoms with van der Waals surface area (Å²) in [7, 11) is 0. The maximum absolute atomic E-state index is 12.3. The van der Waals surface area contributed by atoms with Crippen molar-refractivity contribution in [2.75, 3.05) is 64.1 Å². The Morgan fingerprint density at radius 1 is 1.12 bits per heavy atom. The zero-order valence-corrected chi connectivity index (χ0v) is 14.1. The smallest absolute Gasteiger partial charge is 0.254 e. The molecule has 1 atom stereocenters. The molecule has 0 bridgehead atoms. The molecule has 3 heterocycles. The van der Waals surface area contributed by atoms with Crippen molar-refractivity contribution in [2.24, 2.45) is 0 Å². The lowest BCUT2D eigenvalue weighted by atomic mass is 10.2. The molecule has 8 nitrogen and oxygen atoms in total. The fraction of sp³-hybridized carbons (Fsp3) is 0.688. The lowest BCUT2D eigenvalue weighted by Crippen LogP contribution is -2.47. The van der Waals surface area contributed by atoms with E-state index in [4.69, 9.17) is 9.47 Å². The van der Waals surface area contributed by atoms with Crippen molar-refractivity contribution < 1.29 is 14.3 Å². The molecule has 2 aliphatic heterocycles. The fourth-order valence-corrected chi connectivity index (χ4v) is 2.85. The number of carbonyl (C=O) groups is 1. The summed E-state index contributed by atoms with van der Waals surface area (Å²) in [5, 5.41) is 2.96. The molecule has 0 spiro atoms. The molecule has 1 aromatic rings. The summed E-state index contributed by atoms with van der Waals surface area (Å²) >= 11 is 0. The van der Waals surface area contributed by atoms with Crippen molar-refractivity contribution in [1.82, 2.24) is 20.2 Å². The highest BCUT2D eigenvalue weighted by Gasteiger charge is 2.18. The average molecular weight is 335 g/mol. The number of morpholine rings is 2. The molecule has 1 N–H and O–H groups in total. The van der Waals surface area contributed by atoms with Gasteiger partial charge in [-0.1, -0.05) is 0 Å². The minimum Gasteiger partial charge on any atom is -0.379 e. The molecule has 2 saturated heterocycles. The van der Waals surface area contributed by atoms with E-state index in [2.05, 4.69) is 32.0 Å². The number of nitrogens with zero attached hydrogens (tertiary/aromatic N) is 4. The van der Waals surface area contributed by atoms with Gasteiger partial charge >= 0.3 is 0 Å². The van der Waals surface area contributed by atoms with Gasteiger partial charge in [-0.05, 0) is 6.92 Å². The summed E-state index contributed by atoms with van der Waals surface area (Å²) in [4.78, 5) is 25.3. The molecular weight excluding hydrogens is 310 g/mol. The number of aromatic nitrogens is 2. The van der Waals surface area contributed by atoms with Gasteiger partial charge in [-0.3, -0.25) is 9.69 Å². The number of ether oxygens (including phenoxy) is 2. The number of nitrogens with one attached hydrogen (secondary N) is 1. The highest BCUT2D eigenvalue weighted by atomic mass is 16.5. The van der Waals surface area contributed by atoms with E-state index >= 15 is 0 Å². The average Bonchev–Trinajstić information content (AvgIpc) is 2.67. The van der Waals surface area contributed by atoms with Gasteiger partial charge < -0.3 is 19.7 Å². The Hall–Kier alpha value is -1.77. The normalized spacial score (nSPS) is 20.6. The van der Waals surface area contributed by atoms with Crippen LogP contribution >= 0.6 is 0 Å². The van der Waals surface area contributed by atoms with E-state index in [-0.39, 0.29) is 11.9 Å².